The molecule has 1 saturated heterocycles. The third kappa shape index (κ3) is 2.69. The van der Waals surface area contributed by atoms with Crippen molar-refractivity contribution in [1.82, 2.24) is 9.97 Å². The molecule has 4 nitrogen and oxygen atoms in total. The standard InChI is InChI=1S/C16H17N3O/c20-12-14-11-15(19-9-5-2-6-10-19)18-16(17-14)13-7-3-1-4-8-13/h1,3-4,7-8,11-12H,2,5-6,9-10H2. The molecule has 1 aromatic carbocycles. The molecule has 1 aliphatic rings. The Morgan fingerprint density at radius 3 is 2.45 bits per heavy atom. The highest BCUT2D eigenvalue weighted by Crippen LogP contribution is 2.22. The summed E-state index contributed by atoms with van der Waals surface area (Å²) < 4.78 is 0. The molecule has 20 heavy (non-hydrogen) atoms. The van der Waals surface area contributed by atoms with Gasteiger partial charge in [0.25, 0.3) is 0 Å². The van der Waals surface area contributed by atoms with Crippen LogP contribution >= 0.6 is 0 Å². The fourth-order valence-corrected chi connectivity index (χ4v) is 2.51. The molecule has 1 fully saturated rings. The first-order chi connectivity index (χ1) is 9.86. The van der Waals surface area contributed by atoms with Crippen LogP contribution in [0.4, 0.5) is 5.82 Å². The molecule has 0 unspecified atom stereocenters. The minimum absolute atomic E-state index is 0.444. The number of rotatable bonds is 3. The number of nitrogens with zero attached hydrogens (tertiary/aromatic N) is 3. The molecule has 2 aromatic rings. The number of aldehydes is 1. The molecule has 0 atom stereocenters. The third-order valence-corrected chi connectivity index (χ3v) is 3.57. The summed E-state index contributed by atoms with van der Waals surface area (Å²) in [4.78, 5) is 22.3. The minimum atomic E-state index is 0.444. The maximum Gasteiger partial charge on any atom is 0.168 e. The number of hydrogen-bond acceptors (Lipinski definition) is 4. The van der Waals surface area contributed by atoms with Gasteiger partial charge in [0.05, 0.1) is 0 Å². The second kappa shape index (κ2) is 5.82. The van der Waals surface area contributed by atoms with E-state index >= 15 is 0 Å². The van der Waals surface area contributed by atoms with E-state index in [1.165, 1.54) is 19.3 Å². The monoisotopic (exact) mass is 267 g/mol. The summed E-state index contributed by atoms with van der Waals surface area (Å²) in [6, 6.07) is 11.6. The van der Waals surface area contributed by atoms with Crippen LogP contribution in [0.25, 0.3) is 11.4 Å². The van der Waals surface area contributed by atoms with Gasteiger partial charge < -0.3 is 4.90 Å². The number of piperidine rings is 1. The SMILES string of the molecule is O=Cc1cc(N2CCCCC2)nc(-c2ccccc2)n1. The van der Waals surface area contributed by atoms with Gasteiger partial charge in [-0.15, -0.1) is 0 Å². The Labute approximate surface area is 118 Å². The van der Waals surface area contributed by atoms with Crippen molar-refractivity contribution in [3.63, 3.8) is 0 Å². The maximum atomic E-state index is 11.1. The Morgan fingerprint density at radius 2 is 1.75 bits per heavy atom. The Kier molecular flexibility index (Phi) is 3.72. The van der Waals surface area contributed by atoms with Crippen LogP contribution in [0.5, 0.6) is 0 Å². The van der Waals surface area contributed by atoms with Gasteiger partial charge >= 0.3 is 0 Å². The summed E-state index contributed by atoms with van der Waals surface area (Å²) in [5, 5.41) is 0. The van der Waals surface area contributed by atoms with Gasteiger partial charge in [-0.05, 0) is 19.3 Å². The summed E-state index contributed by atoms with van der Waals surface area (Å²) in [6.45, 7) is 2.01. The quantitative estimate of drug-likeness (QED) is 0.802. The number of carbonyl (C=O) groups excluding carboxylic acids is 1. The van der Waals surface area contributed by atoms with Crippen molar-refractivity contribution in [3.8, 4) is 11.4 Å². The van der Waals surface area contributed by atoms with Crippen molar-refractivity contribution < 1.29 is 4.79 Å². The van der Waals surface area contributed by atoms with E-state index in [-0.39, 0.29) is 0 Å². The van der Waals surface area contributed by atoms with E-state index in [1.54, 1.807) is 6.07 Å². The molecule has 1 aliphatic heterocycles. The lowest BCUT2D eigenvalue weighted by Gasteiger charge is -2.28. The van der Waals surface area contributed by atoms with Crippen LogP contribution in [-0.2, 0) is 0 Å². The third-order valence-electron chi connectivity index (χ3n) is 3.57. The van der Waals surface area contributed by atoms with Crippen LogP contribution in [0.3, 0.4) is 0 Å². The van der Waals surface area contributed by atoms with Crippen molar-refractivity contribution >= 4 is 12.1 Å². The van der Waals surface area contributed by atoms with Gasteiger partial charge in [-0.1, -0.05) is 30.3 Å². The number of hydrogen-bond donors (Lipinski definition) is 0. The molecule has 1 aromatic heterocycles. The molecule has 4 heteroatoms. The van der Waals surface area contributed by atoms with E-state index < -0.39 is 0 Å². The van der Waals surface area contributed by atoms with Crippen molar-refractivity contribution in [3.05, 3.63) is 42.1 Å². The van der Waals surface area contributed by atoms with Crippen molar-refractivity contribution in [1.29, 1.82) is 0 Å². The zero-order valence-corrected chi connectivity index (χ0v) is 11.3. The molecule has 102 valence electrons. The van der Waals surface area contributed by atoms with Gasteiger partial charge in [0.15, 0.2) is 12.1 Å². The maximum absolute atomic E-state index is 11.1. The molecule has 0 aliphatic carbocycles. The summed E-state index contributed by atoms with van der Waals surface area (Å²) in [6.07, 6.45) is 4.43. The van der Waals surface area contributed by atoms with Crippen molar-refractivity contribution in [2.75, 3.05) is 18.0 Å². The van der Waals surface area contributed by atoms with Gasteiger partial charge in [-0.25, -0.2) is 9.97 Å². The zero-order chi connectivity index (χ0) is 13.8. The zero-order valence-electron chi connectivity index (χ0n) is 11.3. The van der Waals surface area contributed by atoms with E-state index in [1.807, 2.05) is 30.3 Å². The summed E-state index contributed by atoms with van der Waals surface area (Å²) >= 11 is 0. The Hall–Kier alpha value is -2.23. The van der Waals surface area contributed by atoms with E-state index in [0.717, 1.165) is 30.8 Å². The number of aromatic nitrogens is 2. The van der Waals surface area contributed by atoms with Gasteiger partial charge in [0.2, 0.25) is 0 Å². The minimum Gasteiger partial charge on any atom is -0.356 e. The van der Waals surface area contributed by atoms with Crippen LogP contribution in [0.15, 0.2) is 36.4 Å². The van der Waals surface area contributed by atoms with Crippen LogP contribution in [-0.4, -0.2) is 29.3 Å². The normalized spacial score (nSPS) is 15.1. The number of anilines is 1. The first-order valence-corrected chi connectivity index (χ1v) is 7.01. The summed E-state index contributed by atoms with van der Waals surface area (Å²) in [5.74, 6) is 1.48. The molecule has 0 saturated carbocycles. The van der Waals surface area contributed by atoms with Gasteiger partial charge in [-0.2, -0.15) is 0 Å². The number of carbonyl (C=O) groups is 1. The largest absolute Gasteiger partial charge is 0.356 e. The Morgan fingerprint density at radius 1 is 1.00 bits per heavy atom. The predicted octanol–water partition coefficient (Wildman–Crippen LogP) is 2.95. The fourth-order valence-electron chi connectivity index (χ4n) is 2.51. The molecule has 0 amide bonds. The van der Waals surface area contributed by atoms with Crippen molar-refractivity contribution in [2.24, 2.45) is 0 Å². The van der Waals surface area contributed by atoms with E-state index in [9.17, 15) is 4.79 Å². The van der Waals surface area contributed by atoms with Crippen LogP contribution in [0, 0.1) is 0 Å². The topological polar surface area (TPSA) is 46.1 Å². The van der Waals surface area contributed by atoms with E-state index in [0.29, 0.717) is 11.5 Å². The lowest BCUT2D eigenvalue weighted by atomic mass is 10.1. The lowest BCUT2D eigenvalue weighted by Crippen LogP contribution is -2.30. The lowest BCUT2D eigenvalue weighted by molar-refractivity contribution is 0.111. The van der Waals surface area contributed by atoms with Gasteiger partial charge in [-0.3, -0.25) is 4.79 Å². The highest BCUT2D eigenvalue weighted by Gasteiger charge is 2.15. The highest BCUT2D eigenvalue weighted by molar-refractivity contribution is 5.75. The average molecular weight is 267 g/mol. The smallest absolute Gasteiger partial charge is 0.168 e. The van der Waals surface area contributed by atoms with Crippen LogP contribution < -0.4 is 4.90 Å². The van der Waals surface area contributed by atoms with Gasteiger partial charge in [0, 0.05) is 24.7 Å². The molecule has 2 heterocycles. The summed E-state index contributed by atoms with van der Waals surface area (Å²) in [5.41, 5.74) is 1.38. The first kappa shape index (κ1) is 12.8. The molecule has 0 radical (unpaired) electrons. The predicted molar refractivity (Wildman–Crippen MR) is 78.9 cm³/mol. The van der Waals surface area contributed by atoms with Gasteiger partial charge in [0.1, 0.15) is 11.5 Å². The molecule has 3 rings (SSSR count). The number of benzene rings is 1. The van der Waals surface area contributed by atoms with Crippen LogP contribution in [0.2, 0.25) is 0 Å². The second-order valence-electron chi connectivity index (χ2n) is 5.01. The molecular formula is C16H17N3O. The average Bonchev–Trinajstić information content (AvgIpc) is 2.56. The fraction of sp³-hybridized carbons (Fsp3) is 0.312. The van der Waals surface area contributed by atoms with E-state index in [4.69, 9.17) is 0 Å². The van der Waals surface area contributed by atoms with E-state index in [2.05, 4.69) is 14.9 Å². The van der Waals surface area contributed by atoms with Crippen LogP contribution in [0.1, 0.15) is 29.8 Å². The molecule has 0 spiro atoms. The Bertz CT molecular complexity index is 592. The first-order valence-electron chi connectivity index (χ1n) is 7.01. The Balaban J connectivity index is 2.00. The molecule has 0 bridgehead atoms. The molecule has 0 N–H and O–H groups in total. The molecular weight excluding hydrogens is 250 g/mol. The second-order valence-corrected chi connectivity index (χ2v) is 5.01. The van der Waals surface area contributed by atoms with Crippen molar-refractivity contribution in [2.45, 2.75) is 19.3 Å². The summed E-state index contributed by atoms with van der Waals surface area (Å²) in [7, 11) is 0. The highest BCUT2D eigenvalue weighted by atomic mass is 16.1.